The van der Waals surface area contributed by atoms with Crippen LogP contribution >= 0.6 is 0 Å². The molecular weight excluding hydrogens is 330 g/mol. The van der Waals surface area contributed by atoms with Crippen LogP contribution < -0.4 is 11.1 Å². The lowest BCUT2D eigenvalue weighted by molar-refractivity contribution is -0.116. The minimum Gasteiger partial charge on any atom is -0.408 e. The maximum atomic E-state index is 12.4. The molecule has 1 fully saturated rings. The normalized spacial score (nSPS) is 14.8. The van der Waals surface area contributed by atoms with Crippen molar-refractivity contribution in [2.75, 3.05) is 18.4 Å². The van der Waals surface area contributed by atoms with Gasteiger partial charge in [0.25, 0.3) is 0 Å². The fourth-order valence-corrected chi connectivity index (χ4v) is 3.45. The second-order valence-corrected chi connectivity index (χ2v) is 6.65. The van der Waals surface area contributed by atoms with Crippen molar-refractivity contribution >= 4 is 22.7 Å². The van der Waals surface area contributed by atoms with Crippen LogP contribution in [-0.2, 0) is 17.9 Å². The summed E-state index contributed by atoms with van der Waals surface area (Å²) in [6.45, 7) is 3.09. The fourth-order valence-electron chi connectivity index (χ4n) is 3.45. The summed E-state index contributed by atoms with van der Waals surface area (Å²) in [6, 6.07) is 15.0. The van der Waals surface area contributed by atoms with Crippen molar-refractivity contribution < 1.29 is 9.21 Å². The number of carbonyl (C=O) groups is 1. The fraction of sp³-hybridized carbons (Fsp3) is 0.300. The number of anilines is 1. The van der Waals surface area contributed by atoms with Crippen LogP contribution in [0.3, 0.4) is 0 Å². The summed E-state index contributed by atoms with van der Waals surface area (Å²) in [5, 5.41) is 2.88. The highest BCUT2D eigenvalue weighted by atomic mass is 16.4. The van der Waals surface area contributed by atoms with Crippen LogP contribution in [0.5, 0.6) is 0 Å². The van der Waals surface area contributed by atoms with E-state index in [9.17, 15) is 9.59 Å². The molecule has 1 aliphatic rings. The topological polar surface area (TPSA) is 67.5 Å². The molecule has 0 saturated carbocycles. The minimum atomic E-state index is -0.524. The van der Waals surface area contributed by atoms with E-state index in [1.54, 1.807) is 18.2 Å². The molecule has 2 aromatic carbocycles. The van der Waals surface area contributed by atoms with Gasteiger partial charge in [-0.05, 0) is 55.8 Å². The summed E-state index contributed by atoms with van der Waals surface area (Å²) < 4.78 is 6.51. The standard InChI is InChI=1S/C20H21N3O3/c24-19(14-23-17-8-1-2-9-18(17)26-20(23)25)21-16-7-5-6-15(12-16)13-22-10-3-4-11-22/h1-2,5-9,12H,3-4,10-11,13-14H2,(H,21,24). The van der Waals surface area contributed by atoms with Crippen LogP contribution in [0, 0.1) is 0 Å². The van der Waals surface area contributed by atoms with Crippen molar-refractivity contribution in [3.8, 4) is 0 Å². The zero-order valence-corrected chi connectivity index (χ0v) is 14.5. The number of carbonyl (C=O) groups excluding carboxylic acids is 1. The summed E-state index contributed by atoms with van der Waals surface area (Å²) >= 11 is 0. The smallest absolute Gasteiger partial charge is 0.408 e. The van der Waals surface area contributed by atoms with Crippen LogP contribution in [-0.4, -0.2) is 28.5 Å². The molecule has 0 spiro atoms. The second-order valence-electron chi connectivity index (χ2n) is 6.65. The van der Waals surface area contributed by atoms with E-state index in [2.05, 4.69) is 16.3 Å². The number of rotatable bonds is 5. The Balaban J connectivity index is 1.46. The number of hydrogen-bond acceptors (Lipinski definition) is 4. The average Bonchev–Trinajstić information content (AvgIpc) is 3.24. The number of fused-ring (bicyclic) bond motifs is 1. The van der Waals surface area contributed by atoms with E-state index in [1.165, 1.54) is 23.0 Å². The molecule has 1 aromatic heterocycles. The number of nitrogens with zero attached hydrogens (tertiary/aromatic N) is 2. The van der Waals surface area contributed by atoms with Gasteiger partial charge >= 0.3 is 5.76 Å². The van der Waals surface area contributed by atoms with Crippen molar-refractivity contribution in [2.45, 2.75) is 25.9 Å². The number of para-hydroxylation sites is 2. The van der Waals surface area contributed by atoms with Crippen LogP contribution in [0.1, 0.15) is 18.4 Å². The van der Waals surface area contributed by atoms with Gasteiger partial charge in [-0.1, -0.05) is 24.3 Å². The third-order valence-corrected chi connectivity index (χ3v) is 4.69. The lowest BCUT2D eigenvalue weighted by Gasteiger charge is -2.15. The summed E-state index contributed by atoms with van der Waals surface area (Å²) in [7, 11) is 0. The second kappa shape index (κ2) is 7.17. The molecule has 134 valence electrons. The zero-order chi connectivity index (χ0) is 17.9. The van der Waals surface area contributed by atoms with Crippen molar-refractivity contribution in [3.05, 3.63) is 64.6 Å². The Morgan fingerprint density at radius 2 is 1.88 bits per heavy atom. The first-order valence-electron chi connectivity index (χ1n) is 8.88. The van der Waals surface area contributed by atoms with Gasteiger partial charge in [-0.2, -0.15) is 0 Å². The van der Waals surface area contributed by atoms with E-state index in [0.717, 1.165) is 25.3 Å². The van der Waals surface area contributed by atoms with E-state index in [1.807, 2.05) is 24.3 Å². The first-order valence-corrected chi connectivity index (χ1v) is 8.88. The Morgan fingerprint density at radius 3 is 2.73 bits per heavy atom. The van der Waals surface area contributed by atoms with Gasteiger partial charge in [0.15, 0.2) is 5.58 Å². The summed E-state index contributed by atoms with van der Waals surface area (Å²) in [4.78, 5) is 26.8. The molecule has 0 bridgehead atoms. The highest BCUT2D eigenvalue weighted by Crippen LogP contribution is 2.17. The molecule has 6 heteroatoms. The molecule has 0 radical (unpaired) electrons. The molecule has 4 rings (SSSR count). The Kier molecular flexibility index (Phi) is 4.58. The largest absolute Gasteiger partial charge is 0.420 e. The number of likely N-dealkylation sites (tertiary alicyclic amines) is 1. The van der Waals surface area contributed by atoms with E-state index < -0.39 is 5.76 Å². The predicted molar refractivity (Wildman–Crippen MR) is 100 cm³/mol. The molecule has 0 aliphatic carbocycles. The van der Waals surface area contributed by atoms with Gasteiger partial charge in [0, 0.05) is 12.2 Å². The van der Waals surface area contributed by atoms with Crippen LogP contribution in [0.4, 0.5) is 5.69 Å². The molecule has 2 heterocycles. The van der Waals surface area contributed by atoms with Crippen molar-refractivity contribution in [1.29, 1.82) is 0 Å². The van der Waals surface area contributed by atoms with Gasteiger partial charge < -0.3 is 9.73 Å². The Bertz CT molecular complexity index is 983. The zero-order valence-electron chi connectivity index (χ0n) is 14.5. The van der Waals surface area contributed by atoms with Gasteiger partial charge in [0.2, 0.25) is 5.91 Å². The minimum absolute atomic E-state index is 0.0772. The molecule has 0 unspecified atom stereocenters. The number of oxazole rings is 1. The van der Waals surface area contributed by atoms with Gasteiger partial charge in [0.05, 0.1) is 5.52 Å². The molecule has 3 aromatic rings. The monoisotopic (exact) mass is 351 g/mol. The van der Waals surface area contributed by atoms with E-state index in [-0.39, 0.29) is 12.5 Å². The summed E-state index contributed by atoms with van der Waals surface area (Å²) in [6.07, 6.45) is 2.51. The predicted octanol–water partition coefficient (Wildman–Crippen LogP) is 2.83. The first kappa shape index (κ1) is 16.6. The number of nitrogens with one attached hydrogen (secondary N) is 1. The highest BCUT2D eigenvalue weighted by Gasteiger charge is 2.14. The number of amides is 1. The average molecular weight is 351 g/mol. The van der Waals surface area contributed by atoms with Crippen LogP contribution in [0.2, 0.25) is 0 Å². The van der Waals surface area contributed by atoms with E-state index in [4.69, 9.17) is 4.42 Å². The Labute approximate surface area is 151 Å². The molecule has 1 N–H and O–H groups in total. The third kappa shape index (κ3) is 3.55. The number of benzene rings is 2. The molecule has 0 atom stereocenters. The van der Waals surface area contributed by atoms with E-state index >= 15 is 0 Å². The Hall–Kier alpha value is -2.86. The molecule has 26 heavy (non-hydrogen) atoms. The third-order valence-electron chi connectivity index (χ3n) is 4.69. The van der Waals surface area contributed by atoms with Gasteiger partial charge in [-0.3, -0.25) is 14.3 Å². The maximum Gasteiger partial charge on any atom is 0.420 e. The SMILES string of the molecule is O=C(Cn1c(=O)oc2ccccc21)Nc1cccc(CN2CCCC2)c1. The summed E-state index contributed by atoms with van der Waals surface area (Å²) in [5.41, 5.74) is 3.02. The molecule has 6 nitrogen and oxygen atoms in total. The van der Waals surface area contributed by atoms with Crippen LogP contribution in [0.15, 0.2) is 57.7 Å². The first-order chi connectivity index (χ1) is 12.7. The quantitative estimate of drug-likeness (QED) is 0.767. The molecule has 1 aliphatic heterocycles. The molecular formula is C20H21N3O3. The van der Waals surface area contributed by atoms with Crippen molar-refractivity contribution in [1.82, 2.24) is 9.47 Å². The molecule has 1 amide bonds. The summed E-state index contributed by atoms with van der Waals surface area (Å²) in [5.74, 6) is -0.777. The van der Waals surface area contributed by atoms with Gasteiger partial charge in [-0.15, -0.1) is 0 Å². The van der Waals surface area contributed by atoms with E-state index in [0.29, 0.717) is 11.1 Å². The lowest BCUT2D eigenvalue weighted by atomic mass is 10.2. The lowest BCUT2D eigenvalue weighted by Crippen LogP contribution is -2.25. The van der Waals surface area contributed by atoms with Gasteiger partial charge in [0.1, 0.15) is 6.54 Å². The maximum absolute atomic E-state index is 12.4. The van der Waals surface area contributed by atoms with Crippen LogP contribution in [0.25, 0.3) is 11.1 Å². The van der Waals surface area contributed by atoms with Gasteiger partial charge in [-0.25, -0.2) is 4.79 Å². The Morgan fingerprint density at radius 1 is 1.08 bits per heavy atom. The number of aromatic nitrogens is 1. The van der Waals surface area contributed by atoms with Crippen molar-refractivity contribution in [2.24, 2.45) is 0 Å². The number of hydrogen-bond donors (Lipinski definition) is 1. The highest BCUT2D eigenvalue weighted by molar-refractivity contribution is 5.91. The molecule has 1 saturated heterocycles. The van der Waals surface area contributed by atoms with Crippen molar-refractivity contribution in [3.63, 3.8) is 0 Å².